The van der Waals surface area contributed by atoms with Crippen LogP contribution in [0, 0.1) is 5.92 Å². The van der Waals surface area contributed by atoms with Crippen LogP contribution in [0.2, 0.25) is 5.02 Å². The second-order valence-corrected chi connectivity index (χ2v) is 9.06. The van der Waals surface area contributed by atoms with Crippen LogP contribution in [-0.4, -0.2) is 45.9 Å². The van der Waals surface area contributed by atoms with Crippen molar-refractivity contribution in [2.45, 2.75) is 17.7 Å². The second-order valence-electron chi connectivity index (χ2n) is 6.69. The first-order valence-electron chi connectivity index (χ1n) is 9.13. The smallest absolute Gasteiger partial charge is 0.243 e. The molecule has 156 valence electrons. The summed E-state index contributed by atoms with van der Waals surface area (Å²) in [6, 6.07) is 11.2. The fourth-order valence-electron chi connectivity index (χ4n) is 3.26. The molecule has 0 spiro atoms. The van der Waals surface area contributed by atoms with Gasteiger partial charge in [-0.15, -0.1) is 0 Å². The van der Waals surface area contributed by atoms with E-state index in [1.165, 1.54) is 23.5 Å². The van der Waals surface area contributed by atoms with Crippen LogP contribution < -0.4 is 14.8 Å². The Balaban J connectivity index is 1.65. The standard InChI is InChI=1S/C20H23ClN2O5S/c1-27-16-5-8-19(28-2)18(13-16)22-20(24)14-9-11-23(12-10-14)29(25,26)17-6-3-15(21)4-7-17/h3-8,13-14H,9-12H2,1-2H3,(H,22,24). The maximum atomic E-state index is 12.8. The highest BCUT2D eigenvalue weighted by molar-refractivity contribution is 7.89. The van der Waals surface area contributed by atoms with E-state index in [0.29, 0.717) is 35.1 Å². The highest BCUT2D eigenvalue weighted by atomic mass is 35.5. The molecule has 0 bridgehead atoms. The third kappa shape index (κ3) is 4.83. The van der Waals surface area contributed by atoms with E-state index in [0.717, 1.165) is 0 Å². The van der Waals surface area contributed by atoms with Crippen LogP contribution in [0.5, 0.6) is 11.5 Å². The zero-order valence-corrected chi connectivity index (χ0v) is 17.8. The number of methoxy groups -OCH3 is 2. The van der Waals surface area contributed by atoms with Crippen LogP contribution in [0.3, 0.4) is 0 Å². The number of benzene rings is 2. The molecule has 1 fully saturated rings. The Morgan fingerprint density at radius 1 is 1.07 bits per heavy atom. The zero-order chi connectivity index (χ0) is 21.0. The lowest BCUT2D eigenvalue weighted by Gasteiger charge is -2.30. The van der Waals surface area contributed by atoms with Crippen molar-refractivity contribution in [2.24, 2.45) is 5.92 Å². The minimum absolute atomic E-state index is 0.167. The summed E-state index contributed by atoms with van der Waals surface area (Å²) in [7, 11) is -0.529. The van der Waals surface area contributed by atoms with Gasteiger partial charge >= 0.3 is 0 Å². The molecular formula is C20H23ClN2O5S. The van der Waals surface area contributed by atoms with Crippen LogP contribution >= 0.6 is 11.6 Å². The van der Waals surface area contributed by atoms with E-state index in [9.17, 15) is 13.2 Å². The molecule has 1 aliphatic heterocycles. The molecule has 0 aromatic heterocycles. The van der Waals surface area contributed by atoms with Crippen molar-refractivity contribution < 1.29 is 22.7 Å². The van der Waals surface area contributed by atoms with E-state index < -0.39 is 10.0 Å². The first kappa shape index (κ1) is 21.4. The maximum Gasteiger partial charge on any atom is 0.243 e. The van der Waals surface area contributed by atoms with Gasteiger partial charge in [0.25, 0.3) is 0 Å². The van der Waals surface area contributed by atoms with Gasteiger partial charge in [-0.05, 0) is 49.2 Å². The van der Waals surface area contributed by atoms with Crippen LogP contribution in [-0.2, 0) is 14.8 Å². The first-order chi connectivity index (χ1) is 13.8. The Labute approximate surface area is 175 Å². The Hall–Kier alpha value is -2.29. The first-order valence-corrected chi connectivity index (χ1v) is 11.0. The Morgan fingerprint density at radius 3 is 2.31 bits per heavy atom. The molecule has 1 heterocycles. The highest BCUT2D eigenvalue weighted by Gasteiger charge is 2.32. The minimum Gasteiger partial charge on any atom is -0.497 e. The van der Waals surface area contributed by atoms with Gasteiger partial charge in [-0.2, -0.15) is 4.31 Å². The Bertz CT molecular complexity index is 971. The lowest BCUT2D eigenvalue weighted by molar-refractivity contribution is -0.120. The number of carbonyl (C=O) groups excluding carboxylic acids is 1. The summed E-state index contributed by atoms with van der Waals surface area (Å²) in [4.78, 5) is 12.9. The fourth-order valence-corrected chi connectivity index (χ4v) is 4.86. The summed E-state index contributed by atoms with van der Waals surface area (Å²) in [5.74, 6) is 0.676. The number of piperidine rings is 1. The van der Waals surface area contributed by atoms with Crippen LogP contribution in [0.15, 0.2) is 47.4 Å². The van der Waals surface area contributed by atoms with Gasteiger partial charge in [-0.3, -0.25) is 4.79 Å². The summed E-state index contributed by atoms with van der Waals surface area (Å²) in [6.07, 6.45) is 0.871. The van der Waals surface area contributed by atoms with Crippen molar-refractivity contribution in [3.8, 4) is 11.5 Å². The van der Waals surface area contributed by atoms with Crippen LogP contribution in [0.1, 0.15) is 12.8 Å². The van der Waals surface area contributed by atoms with E-state index in [1.807, 2.05) is 0 Å². The molecule has 1 N–H and O–H groups in total. The second kappa shape index (κ2) is 9.02. The molecule has 0 atom stereocenters. The number of ether oxygens (including phenoxy) is 2. The average Bonchev–Trinajstić information content (AvgIpc) is 2.74. The van der Waals surface area contributed by atoms with Crippen LogP contribution in [0.25, 0.3) is 0 Å². The topological polar surface area (TPSA) is 84.9 Å². The molecule has 0 unspecified atom stereocenters. The number of nitrogens with zero attached hydrogens (tertiary/aromatic N) is 1. The largest absolute Gasteiger partial charge is 0.497 e. The van der Waals surface area contributed by atoms with E-state index in [1.54, 1.807) is 37.4 Å². The van der Waals surface area contributed by atoms with Gasteiger partial charge in [-0.25, -0.2) is 8.42 Å². The normalized spacial score (nSPS) is 15.7. The van der Waals surface area contributed by atoms with Crippen molar-refractivity contribution in [2.75, 3.05) is 32.6 Å². The van der Waals surface area contributed by atoms with Crippen molar-refractivity contribution in [3.63, 3.8) is 0 Å². The molecule has 2 aromatic carbocycles. The average molecular weight is 439 g/mol. The minimum atomic E-state index is -3.60. The molecule has 3 rings (SSSR count). The third-order valence-corrected chi connectivity index (χ3v) is 7.11. The third-order valence-electron chi connectivity index (χ3n) is 4.94. The van der Waals surface area contributed by atoms with E-state index >= 15 is 0 Å². The summed E-state index contributed by atoms with van der Waals surface area (Å²) in [5.41, 5.74) is 0.521. The summed E-state index contributed by atoms with van der Waals surface area (Å²) < 4.78 is 37.4. The van der Waals surface area contributed by atoms with Gasteiger partial charge in [-0.1, -0.05) is 11.6 Å². The van der Waals surface area contributed by atoms with Gasteiger partial charge in [0, 0.05) is 30.1 Å². The van der Waals surface area contributed by atoms with E-state index in [2.05, 4.69) is 5.32 Å². The number of anilines is 1. The van der Waals surface area contributed by atoms with Crippen molar-refractivity contribution in [1.29, 1.82) is 0 Å². The Morgan fingerprint density at radius 2 is 1.72 bits per heavy atom. The lowest BCUT2D eigenvalue weighted by Crippen LogP contribution is -2.41. The molecule has 0 radical (unpaired) electrons. The predicted molar refractivity (Wildman–Crippen MR) is 111 cm³/mol. The van der Waals surface area contributed by atoms with Gasteiger partial charge < -0.3 is 14.8 Å². The molecule has 1 aliphatic rings. The van der Waals surface area contributed by atoms with Gasteiger partial charge in [0.05, 0.1) is 24.8 Å². The molecule has 0 saturated carbocycles. The van der Waals surface area contributed by atoms with Gasteiger partial charge in [0.2, 0.25) is 15.9 Å². The van der Waals surface area contributed by atoms with Crippen molar-refractivity contribution in [3.05, 3.63) is 47.5 Å². The summed E-state index contributed by atoms with van der Waals surface area (Å²) in [6.45, 7) is 0.552. The number of nitrogens with one attached hydrogen (secondary N) is 1. The summed E-state index contributed by atoms with van der Waals surface area (Å²) in [5, 5.41) is 3.35. The number of hydrogen-bond donors (Lipinski definition) is 1. The molecular weight excluding hydrogens is 416 g/mol. The summed E-state index contributed by atoms with van der Waals surface area (Å²) >= 11 is 5.84. The number of halogens is 1. The molecule has 9 heteroatoms. The van der Waals surface area contributed by atoms with Crippen molar-refractivity contribution in [1.82, 2.24) is 4.31 Å². The van der Waals surface area contributed by atoms with Gasteiger partial charge in [0.1, 0.15) is 11.5 Å². The molecule has 2 aromatic rings. The lowest BCUT2D eigenvalue weighted by atomic mass is 9.97. The maximum absolute atomic E-state index is 12.8. The Kier molecular flexibility index (Phi) is 6.66. The number of rotatable bonds is 6. The molecule has 0 aliphatic carbocycles. The predicted octanol–water partition coefficient (Wildman–Crippen LogP) is 3.40. The van der Waals surface area contributed by atoms with Gasteiger partial charge in [0.15, 0.2) is 0 Å². The fraction of sp³-hybridized carbons (Fsp3) is 0.350. The zero-order valence-electron chi connectivity index (χ0n) is 16.2. The van der Waals surface area contributed by atoms with Crippen molar-refractivity contribution >= 4 is 33.2 Å². The molecule has 1 amide bonds. The number of amides is 1. The molecule has 1 saturated heterocycles. The molecule has 7 nitrogen and oxygen atoms in total. The van der Waals surface area contributed by atoms with E-state index in [-0.39, 0.29) is 29.8 Å². The number of sulfonamides is 1. The monoisotopic (exact) mass is 438 g/mol. The van der Waals surface area contributed by atoms with Crippen LogP contribution in [0.4, 0.5) is 5.69 Å². The highest BCUT2D eigenvalue weighted by Crippen LogP contribution is 2.31. The SMILES string of the molecule is COc1ccc(OC)c(NC(=O)C2CCN(S(=O)(=O)c3ccc(Cl)cc3)CC2)c1. The van der Waals surface area contributed by atoms with E-state index in [4.69, 9.17) is 21.1 Å². The quantitative estimate of drug-likeness (QED) is 0.747. The number of carbonyl (C=O) groups is 1. The molecule has 29 heavy (non-hydrogen) atoms. The number of hydrogen-bond acceptors (Lipinski definition) is 5.